The van der Waals surface area contributed by atoms with E-state index in [0.29, 0.717) is 6.07 Å². The van der Waals surface area contributed by atoms with Gasteiger partial charge in [-0.3, -0.25) is 9.10 Å². The van der Waals surface area contributed by atoms with Crippen LogP contribution in [0.25, 0.3) is 11.1 Å². The van der Waals surface area contributed by atoms with Gasteiger partial charge in [0.15, 0.2) is 0 Å². The second-order valence-corrected chi connectivity index (χ2v) is 12.9. The summed E-state index contributed by atoms with van der Waals surface area (Å²) >= 11 is 0. The molecule has 0 unspecified atom stereocenters. The molecule has 0 aromatic heterocycles. The lowest BCUT2D eigenvalue weighted by Gasteiger charge is -2.31. The Kier molecular flexibility index (Phi) is 9.28. The quantitative estimate of drug-likeness (QED) is 0.357. The predicted molar refractivity (Wildman–Crippen MR) is 147 cm³/mol. The highest BCUT2D eigenvalue weighted by Crippen LogP contribution is 2.40. The maximum Gasteiger partial charge on any atom is 0.416 e. The minimum Gasteiger partial charge on any atom is -0.489 e. The number of sulfonamides is 1. The van der Waals surface area contributed by atoms with Crippen LogP contribution in [0.5, 0.6) is 5.75 Å². The van der Waals surface area contributed by atoms with Gasteiger partial charge in [-0.1, -0.05) is 12.1 Å². The number of nitrogens with zero attached hydrogens (tertiary/aromatic N) is 1. The molecule has 228 valence electrons. The van der Waals surface area contributed by atoms with Crippen LogP contribution in [0, 0.1) is 11.6 Å². The fourth-order valence-corrected chi connectivity index (χ4v) is 5.28. The molecule has 42 heavy (non-hydrogen) atoms. The SMILES string of the molecule is CC(C)(C)NC(=O)C(C)(C)O.O=S(=O)(c1cccc(C(F)(F)F)c1)N1CCOc2ccc(-c3cc(F)ccc3F)cc21. The van der Waals surface area contributed by atoms with Crippen LogP contribution in [0.2, 0.25) is 0 Å². The summed E-state index contributed by atoms with van der Waals surface area (Å²) in [7, 11) is -4.39. The highest BCUT2D eigenvalue weighted by atomic mass is 32.2. The van der Waals surface area contributed by atoms with Gasteiger partial charge in [0, 0.05) is 11.1 Å². The molecule has 0 atom stereocenters. The third kappa shape index (κ3) is 7.97. The summed E-state index contributed by atoms with van der Waals surface area (Å²) < 4.78 is 99.7. The first kappa shape index (κ1) is 32.8. The average molecular weight is 615 g/mol. The van der Waals surface area contributed by atoms with Gasteiger partial charge < -0.3 is 15.2 Å². The first-order valence-electron chi connectivity index (χ1n) is 12.7. The first-order valence-corrected chi connectivity index (χ1v) is 14.1. The molecule has 4 rings (SSSR count). The Bertz CT molecular complexity index is 1560. The number of anilines is 1. The van der Waals surface area contributed by atoms with Crippen molar-refractivity contribution in [1.29, 1.82) is 0 Å². The molecule has 0 saturated heterocycles. The lowest BCUT2D eigenvalue weighted by Crippen LogP contribution is -2.50. The summed E-state index contributed by atoms with van der Waals surface area (Å²) in [6.07, 6.45) is -4.71. The van der Waals surface area contributed by atoms with Crippen LogP contribution < -0.4 is 14.4 Å². The number of alkyl halides is 3. The Hall–Kier alpha value is -3.71. The van der Waals surface area contributed by atoms with Crippen LogP contribution >= 0.6 is 0 Å². The van der Waals surface area contributed by atoms with E-state index < -0.39 is 43.9 Å². The number of fused-ring (bicyclic) bond motifs is 1. The number of aliphatic hydroxyl groups is 1. The van der Waals surface area contributed by atoms with Crippen LogP contribution in [0.15, 0.2) is 65.6 Å². The molecule has 0 spiro atoms. The van der Waals surface area contributed by atoms with Gasteiger partial charge in [0.2, 0.25) is 0 Å². The van der Waals surface area contributed by atoms with Gasteiger partial charge in [0.1, 0.15) is 29.6 Å². The topological polar surface area (TPSA) is 95.9 Å². The number of carbonyl (C=O) groups excluding carboxylic acids is 1. The van der Waals surface area contributed by atoms with E-state index in [0.717, 1.165) is 40.7 Å². The number of hydrogen-bond acceptors (Lipinski definition) is 5. The zero-order valence-electron chi connectivity index (χ0n) is 23.5. The van der Waals surface area contributed by atoms with E-state index in [-0.39, 0.29) is 47.2 Å². The third-order valence-electron chi connectivity index (χ3n) is 5.81. The molecule has 0 radical (unpaired) electrons. The molecule has 13 heteroatoms. The van der Waals surface area contributed by atoms with Crippen molar-refractivity contribution in [3.05, 3.63) is 77.9 Å². The minimum atomic E-state index is -4.71. The van der Waals surface area contributed by atoms with Crippen molar-refractivity contribution in [3.63, 3.8) is 0 Å². The van der Waals surface area contributed by atoms with Gasteiger partial charge in [-0.05, 0) is 88.7 Å². The fourth-order valence-electron chi connectivity index (χ4n) is 3.78. The zero-order valence-corrected chi connectivity index (χ0v) is 24.3. The summed E-state index contributed by atoms with van der Waals surface area (Å²) in [5.74, 6) is -1.59. The van der Waals surface area contributed by atoms with E-state index in [1.807, 2.05) is 20.8 Å². The number of rotatable bonds is 4. The summed E-state index contributed by atoms with van der Waals surface area (Å²) in [6, 6.07) is 10.4. The van der Waals surface area contributed by atoms with Crippen LogP contribution in [0.1, 0.15) is 40.2 Å². The number of benzene rings is 3. The van der Waals surface area contributed by atoms with Gasteiger partial charge in [-0.25, -0.2) is 17.2 Å². The van der Waals surface area contributed by atoms with Crippen molar-refractivity contribution >= 4 is 21.6 Å². The molecular weight excluding hydrogens is 583 g/mol. The van der Waals surface area contributed by atoms with Crippen molar-refractivity contribution in [1.82, 2.24) is 5.32 Å². The number of halogens is 5. The van der Waals surface area contributed by atoms with E-state index in [1.165, 1.54) is 32.0 Å². The lowest BCUT2D eigenvalue weighted by molar-refractivity contribution is -0.138. The normalized spacial score (nSPS) is 13.8. The summed E-state index contributed by atoms with van der Waals surface area (Å²) in [6.45, 7) is 8.35. The maximum atomic E-state index is 14.2. The van der Waals surface area contributed by atoms with Gasteiger partial charge in [0.25, 0.3) is 15.9 Å². The average Bonchev–Trinajstić information content (AvgIpc) is 2.88. The Morgan fingerprint density at radius 2 is 1.62 bits per heavy atom. The van der Waals surface area contributed by atoms with E-state index >= 15 is 0 Å². The molecule has 3 aromatic carbocycles. The molecule has 0 saturated carbocycles. The molecule has 1 aliphatic heterocycles. The minimum absolute atomic E-state index is 0.0184. The van der Waals surface area contributed by atoms with Crippen LogP contribution in [0.4, 0.5) is 27.6 Å². The van der Waals surface area contributed by atoms with E-state index in [4.69, 9.17) is 4.74 Å². The van der Waals surface area contributed by atoms with Crippen LogP contribution in [0.3, 0.4) is 0 Å². The lowest BCUT2D eigenvalue weighted by atomic mass is 10.0. The van der Waals surface area contributed by atoms with Crippen molar-refractivity contribution < 1.29 is 45.0 Å². The van der Waals surface area contributed by atoms with E-state index in [9.17, 15) is 40.3 Å². The summed E-state index contributed by atoms with van der Waals surface area (Å²) in [5.41, 5.74) is -2.55. The molecule has 7 nitrogen and oxygen atoms in total. The predicted octanol–water partition coefficient (Wildman–Crippen LogP) is 5.91. The summed E-state index contributed by atoms with van der Waals surface area (Å²) in [5, 5.41) is 11.9. The molecule has 0 fully saturated rings. The number of carbonyl (C=O) groups is 1. The largest absolute Gasteiger partial charge is 0.489 e. The number of hydrogen-bond donors (Lipinski definition) is 2. The monoisotopic (exact) mass is 614 g/mol. The van der Waals surface area contributed by atoms with Crippen molar-refractivity contribution in [2.24, 2.45) is 0 Å². The first-order chi connectivity index (χ1) is 19.2. The number of amides is 1. The molecule has 1 heterocycles. The highest BCUT2D eigenvalue weighted by Gasteiger charge is 2.35. The van der Waals surface area contributed by atoms with E-state index in [2.05, 4.69) is 5.32 Å². The van der Waals surface area contributed by atoms with Gasteiger partial charge in [-0.2, -0.15) is 13.2 Å². The molecular formula is C29H31F5N2O5S. The molecule has 1 amide bonds. The smallest absolute Gasteiger partial charge is 0.416 e. The van der Waals surface area contributed by atoms with Gasteiger partial charge >= 0.3 is 6.18 Å². The van der Waals surface area contributed by atoms with Crippen molar-refractivity contribution in [3.8, 4) is 16.9 Å². The van der Waals surface area contributed by atoms with Crippen molar-refractivity contribution in [2.75, 3.05) is 17.5 Å². The molecule has 1 aliphatic rings. The van der Waals surface area contributed by atoms with Crippen LogP contribution in [-0.4, -0.2) is 43.7 Å². The third-order valence-corrected chi connectivity index (χ3v) is 7.62. The molecule has 2 N–H and O–H groups in total. The highest BCUT2D eigenvalue weighted by molar-refractivity contribution is 7.92. The Morgan fingerprint density at radius 3 is 2.19 bits per heavy atom. The Morgan fingerprint density at radius 1 is 0.952 bits per heavy atom. The number of nitrogens with one attached hydrogen (secondary N) is 1. The standard InChI is InChI=1S/C21H14F5NO3S.C8H17NO2/c22-15-5-6-18(23)17(12-15)13-4-7-20-19(10-13)27(8-9-30-20)31(28,29)16-3-1-2-14(11-16)21(24,25)26;1-7(2,3)9-6(10)8(4,5)11/h1-7,10-12H,8-9H2;11H,1-5H3,(H,9,10). The second-order valence-electron chi connectivity index (χ2n) is 11.0. The van der Waals surface area contributed by atoms with Gasteiger partial charge in [-0.15, -0.1) is 0 Å². The van der Waals surface area contributed by atoms with Crippen molar-refractivity contribution in [2.45, 2.75) is 56.8 Å². The Labute approximate surface area is 241 Å². The molecule has 0 aliphatic carbocycles. The zero-order chi connectivity index (χ0) is 31.7. The molecule has 0 bridgehead atoms. The Balaban J connectivity index is 0.000000375. The van der Waals surface area contributed by atoms with E-state index in [1.54, 1.807) is 0 Å². The fraction of sp³-hybridized carbons (Fsp3) is 0.345. The molecule has 3 aromatic rings. The summed E-state index contributed by atoms with van der Waals surface area (Å²) in [4.78, 5) is 10.6. The maximum absolute atomic E-state index is 14.2. The number of ether oxygens (including phenoxy) is 1. The van der Waals surface area contributed by atoms with Crippen LogP contribution in [-0.2, 0) is 21.0 Å². The van der Waals surface area contributed by atoms with Gasteiger partial charge in [0.05, 0.1) is 22.7 Å². The second kappa shape index (κ2) is 11.9.